The van der Waals surface area contributed by atoms with Gasteiger partial charge in [-0.3, -0.25) is 0 Å². The fourth-order valence-corrected chi connectivity index (χ4v) is 5.02. The lowest BCUT2D eigenvalue weighted by atomic mass is 9.67. The van der Waals surface area contributed by atoms with Gasteiger partial charge in [0.15, 0.2) is 6.29 Å². The summed E-state index contributed by atoms with van der Waals surface area (Å²) in [6.45, 7) is 13.4. The highest BCUT2D eigenvalue weighted by atomic mass is 32.2. The standard InChI is InChI=1S/C16H24O2S/c1-9-11(14(17)18)7-8-12-13(9)15(3,4)10(2)16(5,6)19-12/h7-8,10,14,17-18H,1-6H3. The van der Waals surface area contributed by atoms with Gasteiger partial charge in [-0.15, -0.1) is 11.8 Å². The molecule has 0 spiro atoms. The highest BCUT2D eigenvalue weighted by Crippen LogP contribution is 2.55. The van der Waals surface area contributed by atoms with Crippen LogP contribution >= 0.6 is 11.8 Å². The first-order chi connectivity index (χ1) is 8.59. The van der Waals surface area contributed by atoms with Crippen LogP contribution in [0.2, 0.25) is 0 Å². The molecule has 0 amide bonds. The van der Waals surface area contributed by atoms with Gasteiger partial charge in [-0.2, -0.15) is 0 Å². The molecule has 1 unspecified atom stereocenters. The molecule has 1 aromatic carbocycles. The molecule has 0 bridgehead atoms. The Bertz CT molecular complexity index is 504. The van der Waals surface area contributed by atoms with Crippen molar-refractivity contribution in [1.29, 1.82) is 0 Å². The zero-order valence-electron chi connectivity index (χ0n) is 12.6. The van der Waals surface area contributed by atoms with Gasteiger partial charge in [0.2, 0.25) is 0 Å². The molecule has 1 heterocycles. The summed E-state index contributed by atoms with van der Waals surface area (Å²) in [5, 5.41) is 19.0. The van der Waals surface area contributed by atoms with E-state index in [4.69, 9.17) is 0 Å². The molecule has 1 aliphatic rings. The quantitative estimate of drug-likeness (QED) is 0.769. The van der Waals surface area contributed by atoms with Gasteiger partial charge < -0.3 is 10.2 Å². The first-order valence-electron chi connectivity index (χ1n) is 6.78. The Hall–Kier alpha value is -0.510. The number of hydrogen-bond donors (Lipinski definition) is 2. The minimum Gasteiger partial charge on any atom is -0.364 e. The van der Waals surface area contributed by atoms with Crippen molar-refractivity contribution < 1.29 is 10.2 Å². The van der Waals surface area contributed by atoms with E-state index in [2.05, 4.69) is 34.6 Å². The lowest BCUT2D eigenvalue weighted by Gasteiger charge is -2.49. The smallest absolute Gasteiger partial charge is 0.178 e. The van der Waals surface area contributed by atoms with E-state index < -0.39 is 6.29 Å². The van der Waals surface area contributed by atoms with Crippen LogP contribution in [-0.4, -0.2) is 15.0 Å². The van der Waals surface area contributed by atoms with Crippen LogP contribution in [0, 0.1) is 12.8 Å². The summed E-state index contributed by atoms with van der Waals surface area (Å²) in [4.78, 5) is 1.27. The third-order valence-corrected chi connectivity index (χ3v) is 6.33. The summed E-state index contributed by atoms with van der Waals surface area (Å²) in [5.74, 6) is 0.502. The molecule has 0 radical (unpaired) electrons. The van der Waals surface area contributed by atoms with E-state index in [1.54, 1.807) is 0 Å². The molecule has 1 aromatic rings. The van der Waals surface area contributed by atoms with Crippen LogP contribution in [0.3, 0.4) is 0 Å². The van der Waals surface area contributed by atoms with Crippen molar-refractivity contribution in [1.82, 2.24) is 0 Å². The van der Waals surface area contributed by atoms with Crippen molar-refractivity contribution in [2.75, 3.05) is 0 Å². The highest BCUT2D eigenvalue weighted by molar-refractivity contribution is 8.00. The highest BCUT2D eigenvalue weighted by Gasteiger charge is 2.45. The van der Waals surface area contributed by atoms with Gasteiger partial charge in [-0.25, -0.2) is 0 Å². The van der Waals surface area contributed by atoms with Crippen molar-refractivity contribution in [3.05, 3.63) is 28.8 Å². The Morgan fingerprint density at radius 3 is 2.26 bits per heavy atom. The van der Waals surface area contributed by atoms with E-state index in [1.165, 1.54) is 10.5 Å². The van der Waals surface area contributed by atoms with Crippen LogP contribution in [0.1, 0.15) is 57.6 Å². The van der Waals surface area contributed by atoms with Crippen LogP contribution in [0.15, 0.2) is 17.0 Å². The number of fused-ring (bicyclic) bond motifs is 1. The SMILES string of the molecule is Cc1c(C(O)O)ccc2c1C(C)(C)C(C)C(C)(C)S2. The Kier molecular flexibility index (Phi) is 3.53. The Morgan fingerprint density at radius 2 is 1.74 bits per heavy atom. The van der Waals surface area contributed by atoms with Gasteiger partial charge in [-0.1, -0.05) is 40.7 Å². The first kappa shape index (κ1) is 14.9. The van der Waals surface area contributed by atoms with E-state index in [0.717, 1.165) is 5.56 Å². The molecule has 1 aliphatic heterocycles. The monoisotopic (exact) mass is 280 g/mol. The molecule has 19 heavy (non-hydrogen) atoms. The number of hydrogen-bond acceptors (Lipinski definition) is 3. The maximum atomic E-state index is 9.49. The van der Waals surface area contributed by atoms with Crippen molar-refractivity contribution in [3.63, 3.8) is 0 Å². The van der Waals surface area contributed by atoms with Crippen LogP contribution in [0.25, 0.3) is 0 Å². The number of aliphatic hydroxyl groups excluding tert-OH is 1. The first-order valence-corrected chi connectivity index (χ1v) is 7.60. The average molecular weight is 280 g/mol. The Labute approximate surface area is 120 Å². The van der Waals surface area contributed by atoms with Gasteiger partial charge in [0, 0.05) is 15.2 Å². The summed E-state index contributed by atoms with van der Waals surface area (Å²) >= 11 is 1.90. The summed E-state index contributed by atoms with van der Waals surface area (Å²) in [6.07, 6.45) is -1.39. The average Bonchev–Trinajstić information content (AvgIpc) is 2.25. The normalized spacial score (nSPS) is 24.4. The molecule has 0 fully saturated rings. The third kappa shape index (κ3) is 2.22. The lowest BCUT2D eigenvalue weighted by molar-refractivity contribution is -0.0431. The molecule has 0 saturated carbocycles. The zero-order valence-corrected chi connectivity index (χ0v) is 13.4. The van der Waals surface area contributed by atoms with E-state index in [1.807, 2.05) is 30.8 Å². The summed E-state index contributed by atoms with van der Waals surface area (Å²) in [5.41, 5.74) is 2.95. The second-order valence-corrected chi connectivity index (χ2v) is 8.37. The topological polar surface area (TPSA) is 40.5 Å². The molecule has 1 atom stereocenters. The summed E-state index contributed by atoms with van der Waals surface area (Å²) < 4.78 is 0.183. The van der Waals surface area contributed by atoms with Gasteiger partial charge in [0.25, 0.3) is 0 Å². The molecule has 3 heteroatoms. The largest absolute Gasteiger partial charge is 0.364 e. The van der Waals surface area contributed by atoms with Gasteiger partial charge in [0.05, 0.1) is 0 Å². The Morgan fingerprint density at radius 1 is 1.16 bits per heavy atom. The van der Waals surface area contributed by atoms with Gasteiger partial charge in [0.1, 0.15) is 0 Å². The van der Waals surface area contributed by atoms with Crippen LogP contribution in [0.5, 0.6) is 0 Å². The maximum Gasteiger partial charge on any atom is 0.178 e. The van der Waals surface area contributed by atoms with E-state index in [-0.39, 0.29) is 10.2 Å². The maximum absolute atomic E-state index is 9.49. The molecular weight excluding hydrogens is 256 g/mol. The summed E-state index contributed by atoms with van der Waals surface area (Å²) in [7, 11) is 0. The molecule has 2 nitrogen and oxygen atoms in total. The number of aliphatic hydroxyl groups is 2. The fourth-order valence-electron chi connectivity index (χ4n) is 3.33. The van der Waals surface area contributed by atoms with Crippen LogP contribution < -0.4 is 0 Å². The van der Waals surface area contributed by atoms with E-state index in [9.17, 15) is 10.2 Å². The van der Waals surface area contributed by atoms with Crippen molar-refractivity contribution in [2.24, 2.45) is 5.92 Å². The van der Waals surface area contributed by atoms with E-state index >= 15 is 0 Å². The molecule has 0 saturated heterocycles. The van der Waals surface area contributed by atoms with Gasteiger partial charge >= 0.3 is 0 Å². The third-order valence-electron chi connectivity index (χ3n) is 4.89. The number of thioether (sulfide) groups is 1. The molecule has 106 valence electrons. The van der Waals surface area contributed by atoms with Gasteiger partial charge in [-0.05, 0) is 35.4 Å². The number of rotatable bonds is 1. The second-order valence-electron chi connectivity index (χ2n) is 6.68. The lowest BCUT2D eigenvalue weighted by Crippen LogP contribution is -2.44. The molecule has 2 rings (SSSR count). The van der Waals surface area contributed by atoms with Crippen LogP contribution in [0.4, 0.5) is 0 Å². The van der Waals surface area contributed by atoms with E-state index in [0.29, 0.717) is 11.5 Å². The molecule has 2 N–H and O–H groups in total. The minimum atomic E-state index is -1.39. The Balaban J connectivity index is 2.69. The summed E-state index contributed by atoms with van der Waals surface area (Å²) in [6, 6.07) is 3.88. The second kappa shape index (κ2) is 4.51. The number of benzene rings is 1. The zero-order chi connectivity index (χ0) is 14.6. The predicted octanol–water partition coefficient (Wildman–Crippen LogP) is 3.78. The van der Waals surface area contributed by atoms with Crippen molar-refractivity contribution in [3.8, 4) is 0 Å². The molecule has 0 aromatic heterocycles. The molecule has 0 aliphatic carbocycles. The predicted molar refractivity (Wildman–Crippen MR) is 80.5 cm³/mol. The molecular formula is C16H24O2S. The minimum absolute atomic E-state index is 0.0269. The fraction of sp³-hybridized carbons (Fsp3) is 0.625. The van der Waals surface area contributed by atoms with Crippen molar-refractivity contribution in [2.45, 2.75) is 62.9 Å². The van der Waals surface area contributed by atoms with Crippen LogP contribution in [-0.2, 0) is 5.41 Å². The van der Waals surface area contributed by atoms with Crippen molar-refractivity contribution >= 4 is 11.8 Å².